The summed E-state index contributed by atoms with van der Waals surface area (Å²) >= 11 is 0. The Kier molecular flexibility index (Phi) is 3.40. The normalized spacial score (nSPS) is 9.94. The molecule has 0 fully saturated rings. The maximum absolute atomic E-state index is 11.9. The Morgan fingerprint density at radius 2 is 2.35 bits per heavy atom. The van der Waals surface area contributed by atoms with Gasteiger partial charge in [-0.25, -0.2) is 0 Å². The lowest BCUT2D eigenvalue weighted by Crippen LogP contribution is -2.23. The number of rotatable bonds is 4. The van der Waals surface area contributed by atoms with E-state index < -0.39 is 0 Å². The van der Waals surface area contributed by atoms with E-state index in [0.29, 0.717) is 12.1 Å². The Bertz CT molecular complexity index is 494. The van der Waals surface area contributed by atoms with Gasteiger partial charge in [0.1, 0.15) is 0 Å². The zero-order valence-electron chi connectivity index (χ0n) is 9.43. The molecule has 0 aliphatic carbocycles. The van der Waals surface area contributed by atoms with Gasteiger partial charge in [-0.1, -0.05) is 0 Å². The molecule has 1 amide bonds. The molecule has 5 nitrogen and oxygen atoms in total. The van der Waals surface area contributed by atoms with Gasteiger partial charge in [-0.05, 0) is 12.1 Å². The maximum Gasteiger partial charge on any atom is 0.255 e. The first kappa shape index (κ1) is 11.2. The average Bonchev–Trinajstić information content (AvgIpc) is 2.89. The number of amides is 1. The molecule has 17 heavy (non-hydrogen) atoms. The van der Waals surface area contributed by atoms with Crippen LogP contribution in [0.15, 0.2) is 41.5 Å². The third kappa shape index (κ3) is 2.63. The van der Waals surface area contributed by atoms with Crippen LogP contribution in [0, 0.1) is 0 Å². The van der Waals surface area contributed by atoms with Gasteiger partial charge in [0.05, 0.1) is 18.1 Å². The zero-order valence-corrected chi connectivity index (χ0v) is 9.43. The van der Waals surface area contributed by atoms with Gasteiger partial charge in [-0.15, -0.1) is 0 Å². The maximum atomic E-state index is 11.9. The lowest BCUT2D eigenvalue weighted by Gasteiger charge is -2.08. The molecule has 2 rings (SSSR count). The molecule has 5 heteroatoms. The summed E-state index contributed by atoms with van der Waals surface area (Å²) in [6.07, 6.45) is 6.35. The molecular formula is C12H13N3O2. The van der Waals surface area contributed by atoms with Crippen LogP contribution in [0.2, 0.25) is 0 Å². The van der Waals surface area contributed by atoms with E-state index in [1.54, 1.807) is 31.8 Å². The smallest absolute Gasteiger partial charge is 0.255 e. The van der Waals surface area contributed by atoms with Gasteiger partial charge in [0.2, 0.25) is 0 Å². The number of furan rings is 1. The Morgan fingerprint density at radius 1 is 1.47 bits per heavy atom. The van der Waals surface area contributed by atoms with Crippen molar-refractivity contribution in [2.24, 2.45) is 0 Å². The second-order valence-corrected chi connectivity index (χ2v) is 3.49. The van der Waals surface area contributed by atoms with Gasteiger partial charge in [0.25, 0.3) is 5.91 Å². The molecule has 2 aromatic heterocycles. The van der Waals surface area contributed by atoms with E-state index in [1.807, 2.05) is 6.07 Å². The molecule has 88 valence electrons. The molecule has 2 heterocycles. The molecule has 0 saturated carbocycles. The molecule has 2 aromatic rings. The van der Waals surface area contributed by atoms with Gasteiger partial charge in [-0.2, -0.15) is 0 Å². The second kappa shape index (κ2) is 5.16. The number of anilines is 1. The van der Waals surface area contributed by atoms with Crippen molar-refractivity contribution in [1.82, 2.24) is 10.3 Å². The number of nitrogens with zero attached hydrogens (tertiary/aromatic N) is 1. The van der Waals surface area contributed by atoms with Crippen LogP contribution in [0.4, 0.5) is 5.69 Å². The number of carbonyl (C=O) groups is 1. The Hall–Kier alpha value is -2.30. The van der Waals surface area contributed by atoms with Crippen molar-refractivity contribution in [3.05, 3.63) is 48.2 Å². The molecule has 0 aliphatic rings. The number of hydrogen-bond donors (Lipinski definition) is 2. The predicted octanol–water partition coefficient (Wildman–Crippen LogP) is 1.65. The highest BCUT2D eigenvalue weighted by Gasteiger charge is 2.10. The van der Waals surface area contributed by atoms with Crippen LogP contribution >= 0.6 is 0 Å². The lowest BCUT2D eigenvalue weighted by atomic mass is 10.2. The van der Waals surface area contributed by atoms with Crippen LogP contribution in [0.3, 0.4) is 0 Å². The first-order valence-electron chi connectivity index (χ1n) is 5.22. The summed E-state index contributed by atoms with van der Waals surface area (Å²) in [4.78, 5) is 15.8. The number of pyridine rings is 1. The molecule has 0 spiro atoms. The monoisotopic (exact) mass is 231 g/mol. The molecule has 0 radical (unpaired) electrons. The van der Waals surface area contributed by atoms with Gasteiger partial charge < -0.3 is 15.1 Å². The van der Waals surface area contributed by atoms with Crippen LogP contribution in [0.1, 0.15) is 15.9 Å². The first-order valence-corrected chi connectivity index (χ1v) is 5.22. The molecule has 0 aliphatic heterocycles. The molecule has 0 saturated heterocycles. The van der Waals surface area contributed by atoms with Crippen LogP contribution in [0.25, 0.3) is 0 Å². The van der Waals surface area contributed by atoms with E-state index in [9.17, 15) is 4.79 Å². The Labute approximate surface area is 98.9 Å². The number of aromatic nitrogens is 1. The highest BCUT2D eigenvalue weighted by molar-refractivity contribution is 5.99. The van der Waals surface area contributed by atoms with Crippen molar-refractivity contribution in [2.75, 3.05) is 12.4 Å². The Morgan fingerprint density at radius 3 is 3.06 bits per heavy atom. The molecular weight excluding hydrogens is 218 g/mol. The third-order valence-electron chi connectivity index (χ3n) is 2.37. The van der Waals surface area contributed by atoms with Crippen molar-refractivity contribution < 1.29 is 9.21 Å². The highest BCUT2D eigenvalue weighted by Crippen LogP contribution is 2.12. The van der Waals surface area contributed by atoms with Crippen molar-refractivity contribution in [2.45, 2.75) is 6.54 Å². The van der Waals surface area contributed by atoms with Crippen LogP contribution < -0.4 is 10.6 Å². The fourth-order valence-corrected chi connectivity index (χ4v) is 1.46. The van der Waals surface area contributed by atoms with E-state index in [2.05, 4.69) is 15.6 Å². The van der Waals surface area contributed by atoms with E-state index in [1.165, 1.54) is 6.20 Å². The largest absolute Gasteiger partial charge is 0.472 e. The zero-order chi connectivity index (χ0) is 12.1. The summed E-state index contributed by atoms with van der Waals surface area (Å²) in [6.45, 7) is 0.438. The standard InChI is InChI=1S/C12H13N3O2/c1-13-11-2-4-14-7-10(11)12(16)15-6-9-3-5-17-8-9/h2-5,7-8H,6H2,1H3,(H,13,14)(H,15,16). The molecule has 0 aromatic carbocycles. The third-order valence-corrected chi connectivity index (χ3v) is 2.37. The molecule has 0 bridgehead atoms. The average molecular weight is 231 g/mol. The fourth-order valence-electron chi connectivity index (χ4n) is 1.46. The van der Waals surface area contributed by atoms with Gasteiger partial charge in [0.15, 0.2) is 0 Å². The summed E-state index contributed by atoms with van der Waals surface area (Å²) in [5.41, 5.74) is 2.21. The van der Waals surface area contributed by atoms with Crippen LogP contribution in [-0.2, 0) is 6.54 Å². The summed E-state index contributed by atoms with van der Waals surface area (Å²) in [7, 11) is 1.77. The minimum atomic E-state index is -0.163. The molecule has 0 unspecified atom stereocenters. The van der Waals surface area contributed by atoms with Gasteiger partial charge in [0, 0.05) is 37.2 Å². The predicted molar refractivity (Wildman–Crippen MR) is 63.7 cm³/mol. The van der Waals surface area contributed by atoms with E-state index in [-0.39, 0.29) is 5.91 Å². The van der Waals surface area contributed by atoms with Crippen LogP contribution in [0.5, 0.6) is 0 Å². The van der Waals surface area contributed by atoms with Crippen molar-refractivity contribution in [1.29, 1.82) is 0 Å². The SMILES string of the molecule is CNc1ccncc1C(=O)NCc1ccoc1. The van der Waals surface area contributed by atoms with Gasteiger partial charge in [-0.3, -0.25) is 9.78 Å². The minimum absolute atomic E-state index is 0.163. The second-order valence-electron chi connectivity index (χ2n) is 3.49. The van der Waals surface area contributed by atoms with Crippen molar-refractivity contribution in [3.63, 3.8) is 0 Å². The van der Waals surface area contributed by atoms with E-state index in [0.717, 1.165) is 11.3 Å². The summed E-state index contributed by atoms with van der Waals surface area (Å²) < 4.78 is 4.92. The number of hydrogen-bond acceptors (Lipinski definition) is 4. The topological polar surface area (TPSA) is 67.2 Å². The van der Waals surface area contributed by atoms with Crippen LogP contribution in [-0.4, -0.2) is 17.9 Å². The quantitative estimate of drug-likeness (QED) is 0.839. The van der Waals surface area contributed by atoms with E-state index >= 15 is 0 Å². The Balaban J connectivity index is 2.04. The summed E-state index contributed by atoms with van der Waals surface area (Å²) in [6, 6.07) is 3.56. The fraction of sp³-hybridized carbons (Fsp3) is 0.167. The molecule has 0 atom stereocenters. The summed E-state index contributed by atoms with van der Waals surface area (Å²) in [5.74, 6) is -0.163. The van der Waals surface area contributed by atoms with Crippen molar-refractivity contribution in [3.8, 4) is 0 Å². The highest BCUT2D eigenvalue weighted by atomic mass is 16.3. The minimum Gasteiger partial charge on any atom is -0.472 e. The van der Waals surface area contributed by atoms with Gasteiger partial charge >= 0.3 is 0 Å². The molecule has 2 N–H and O–H groups in total. The lowest BCUT2D eigenvalue weighted by molar-refractivity contribution is 0.0951. The number of carbonyl (C=O) groups excluding carboxylic acids is 1. The van der Waals surface area contributed by atoms with E-state index in [4.69, 9.17) is 4.42 Å². The number of nitrogens with one attached hydrogen (secondary N) is 2. The van der Waals surface area contributed by atoms with Crippen molar-refractivity contribution >= 4 is 11.6 Å². The first-order chi connectivity index (χ1) is 8.31. The summed E-state index contributed by atoms with van der Waals surface area (Å²) in [5, 5.41) is 5.75.